The molecule has 2 aliphatic rings. The molecule has 2 heterocycles. The van der Waals surface area contributed by atoms with E-state index in [4.69, 9.17) is 0 Å². The zero-order valence-corrected chi connectivity index (χ0v) is 6.11. The molecule has 10 heavy (non-hydrogen) atoms. The summed E-state index contributed by atoms with van der Waals surface area (Å²) in [6.45, 7) is 0. The van der Waals surface area contributed by atoms with E-state index in [1.165, 1.54) is 5.57 Å². The minimum Gasteiger partial charge on any atom is -0.307 e. The number of rotatable bonds is 0. The van der Waals surface area contributed by atoms with Crippen LogP contribution < -0.4 is 10.9 Å². The third-order valence-electron chi connectivity index (χ3n) is 1.39. The van der Waals surface area contributed by atoms with Crippen LogP contribution in [0.3, 0.4) is 0 Å². The molecule has 3 nitrogen and oxygen atoms in total. The number of hydrogen-bond acceptors (Lipinski definition) is 3. The quantitative estimate of drug-likeness (QED) is 0.544. The summed E-state index contributed by atoms with van der Waals surface area (Å²) in [7, 11) is 0. The van der Waals surface area contributed by atoms with E-state index in [9.17, 15) is 0 Å². The lowest BCUT2D eigenvalue weighted by molar-refractivity contribution is 0.705. The molecule has 0 saturated heterocycles. The fourth-order valence-electron chi connectivity index (χ4n) is 0.927. The summed E-state index contributed by atoms with van der Waals surface area (Å²) in [5, 5.41) is 0. The third kappa shape index (κ3) is 0.998. The van der Waals surface area contributed by atoms with Gasteiger partial charge in [-0.3, -0.25) is 5.43 Å². The van der Waals surface area contributed by atoms with Crippen molar-refractivity contribution >= 4 is 18.6 Å². The van der Waals surface area contributed by atoms with Crippen LogP contribution in [-0.2, 0) is 0 Å². The van der Waals surface area contributed by atoms with Gasteiger partial charge >= 0.3 is 0 Å². The highest BCUT2D eigenvalue weighted by Crippen LogP contribution is 2.15. The van der Waals surface area contributed by atoms with E-state index in [0.717, 1.165) is 12.2 Å². The van der Waals surface area contributed by atoms with Gasteiger partial charge in [0.15, 0.2) is 0 Å². The summed E-state index contributed by atoms with van der Waals surface area (Å²) in [5.41, 5.74) is 7.04. The second-order valence-electron chi connectivity index (χ2n) is 1.99. The Hall–Kier alpha value is -0.960. The van der Waals surface area contributed by atoms with E-state index in [1.807, 2.05) is 18.5 Å². The van der Waals surface area contributed by atoms with Crippen molar-refractivity contribution in [2.75, 3.05) is 0 Å². The summed E-state index contributed by atoms with van der Waals surface area (Å²) in [6.07, 6.45) is 6.75. The number of hydrogen-bond donors (Lipinski definition) is 2. The first-order valence-corrected chi connectivity index (χ1v) is 2.90. The van der Waals surface area contributed by atoms with Gasteiger partial charge in [0.2, 0.25) is 0 Å². The lowest BCUT2D eigenvalue weighted by atomic mass is 10.2. The predicted octanol–water partition coefficient (Wildman–Crippen LogP) is 0.716. The van der Waals surface area contributed by atoms with Crippen LogP contribution in [0.25, 0.3) is 0 Å². The van der Waals surface area contributed by atoms with Gasteiger partial charge in [0.25, 0.3) is 0 Å². The van der Waals surface area contributed by atoms with Crippen molar-refractivity contribution in [1.29, 1.82) is 0 Å². The molecule has 0 bridgehead atoms. The van der Waals surface area contributed by atoms with Crippen LogP contribution in [0.5, 0.6) is 0 Å². The van der Waals surface area contributed by atoms with Gasteiger partial charge in [-0.15, -0.1) is 12.4 Å². The number of hydrazine groups is 1. The van der Waals surface area contributed by atoms with E-state index >= 15 is 0 Å². The van der Waals surface area contributed by atoms with Crippen molar-refractivity contribution in [2.24, 2.45) is 4.99 Å². The summed E-state index contributed by atoms with van der Waals surface area (Å²) < 4.78 is 0. The topological polar surface area (TPSA) is 36.4 Å². The maximum Gasteiger partial charge on any atom is 0.147 e. The van der Waals surface area contributed by atoms with E-state index in [2.05, 4.69) is 15.8 Å². The molecule has 0 aromatic rings. The highest BCUT2D eigenvalue weighted by molar-refractivity contribution is 5.85. The van der Waals surface area contributed by atoms with Crippen LogP contribution in [0.15, 0.2) is 28.7 Å². The number of halogens is 1. The Labute approximate surface area is 65.3 Å². The molecule has 0 spiro atoms. The molecule has 2 N–H and O–H groups in total. The van der Waals surface area contributed by atoms with Gasteiger partial charge in [0.1, 0.15) is 5.82 Å². The Morgan fingerprint density at radius 3 is 3.20 bits per heavy atom. The largest absolute Gasteiger partial charge is 0.307 e. The summed E-state index contributed by atoms with van der Waals surface area (Å²) >= 11 is 0. The fourth-order valence-corrected chi connectivity index (χ4v) is 0.927. The van der Waals surface area contributed by atoms with Gasteiger partial charge in [-0.05, 0) is 6.08 Å². The molecule has 0 fully saturated rings. The van der Waals surface area contributed by atoms with Crippen molar-refractivity contribution in [2.45, 2.75) is 6.42 Å². The highest BCUT2D eigenvalue weighted by atomic mass is 35.5. The Balaban J connectivity index is 0.000000500. The molecular weight excluding hydrogens is 150 g/mol. The Morgan fingerprint density at radius 1 is 1.50 bits per heavy atom. The molecule has 2 aliphatic heterocycles. The Kier molecular flexibility index (Phi) is 1.97. The van der Waals surface area contributed by atoms with E-state index in [0.29, 0.717) is 0 Å². The molecular formula is C6H8ClN3. The molecule has 0 amide bonds. The molecule has 4 heteroatoms. The number of nitrogens with one attached hydrogen (secondary N) is 2. The summed E-state index contributed by atoms with van der Waals surface area (Å²) in [5.74, 6) is 0.956. The minimum absolute atomic E-state index is 0. The molecule has 0 atom stereocenters. The third-order valence-corrected chi connectivity index (χ3v) is 1.39. The maximum absolute atomic E-state index is 4.09. The standard InChI is InChI=1S/C6H7N3.ClH/c1-3-7-6-5(1)2-4-8-9-6;/h2-4,8-9H,1H2;1H. The molecule has 0 radical (unpaired) electrons. The molecule has 0 aromatic heterocycles. The minimum atomic E-state index is 0. The van der Waals surface area contributed by atoms with Crippen molar-refractivity contribution in [3.63, 3.8) is 0 Å². The number of nitrogens with zero attached hydrogens (tertiary/aromatic N) is 1. The zero-order chi connectivity index (χ0) is 6.10. The van der Waals surface area contributed by atoms with Crippen LogP contribution in [0, 0.1) is 0 Å². The van der Waals surface area contributed by atoms with Crippen LogP contribution in [0.4, 0.5) is 0 Å². The smallest absolute Gasteiger partial charge is 0.147 e. The molecule has 54 valence electrons. The average Bonchev–Trinajstić information content (AvgIpc) is 2.33. The van der Waals surface area contributed by atoms with E-state index < -0.39 is 0 Å². The number of aliphatic imine (C=N–C) groups is 1. The molecule has 0 aromatic carbocycles. The first-order chi connectivity index (χ1) is 4.47. The molecule has 0 saturated carbocycles. The van der Waals surface area contributed by atoms with Crippen molar-refractivity contribution in [1.82, 2.24) is 10.9 Å². The second-order valence-corrected chi connectivity index (χ2v) is 1.99. The van der Waals surface area contributed by atoms with Gasteiger partial charge in [-0.1, -0.05) is 0 Å². The normalized spacial score (nSPS) is 19.2. The Morgan fingerprint density at radius 2 is 2.40 bits per heavy atom. The lowest BCUT2D eigenvalue weighted by Gasteiger charge is -2.09. The summed E-state index contributed by atoms with van der Waals surface area (Å²) in [4.78, 5) is 4.09. The van der Waals surface area contributed by atoms with Crippen LogP contribution >= 0.6 is 12.4 Å². The highest BCUT2D eigenvalue weighted by Gasteiger charge is 2.08. The monoisotopic (exact) mass is 157 g/mol. The second kappa shape index (κ2) is 2.75. The molecule has 2 rings (SSSR count). The van der Waals surface area contributed by atoms with Gasteiger partial charge < -0.3 is 5.43 Å². The van der Waals surface area contributed by atoms with Crippen LogP contribution in [0.2, 0.25) is 0 Å². The van der Waals surface area contributed by atoms with Gasteiger partial charge in [-0.2, -0.15) is 0 Å². The zero-order valence-electron chi connectivity index (χ0n) is 5.29. The van der Waals surface area contributed by atoms with Crippen molar-refractivity contribution in [3.8, 4) is 0 Å². The van der Waals surface area contributed by atoms with Crippen molar-refractivity contribution in [3.05, 3.63) is 23.7 Å². The van der Waals surface area contributed by atoms with E-state index in [-0.39, 0.29) is 12.4 Å². The molecule has 0 unspecified atom stereocenters. The van der Waals surface area contributed by atoms with Crippen LogP contribution in [0.1, 0.15) is 6.42 Å². The lowest BCUT2D eigenvalue weighted by Crippen LogP contribution is -2.27. The predicted molar refractivity (Wildman–Crippen MR) is 42.8 cm³/mol. The average molecular weight is 158 g/mol. The fraction of sp³-hybridized carbons (Fsp3) is 0.167. The summed E-state index contributed by atoms with van der Waals surface area (Å²) in [6, 6.07) is 0. The first kappa shape index (κ1) is 7.15. The SMILES string of the molecule is C1=CC2=C(N=CC2)NN1.Cl. The van der Waals surface area contributed by atoms with Crippen LogP contribution in [-0.4, -0.2) is 6.21 Å². The van der Waals surface area contributed by atoms with E-state index in [1.54, 1.807) is 0 Å². The number of allylic oxidation sites excluding steroid dienone is 2. The van der Waals surface area contributed by atoms with Gasteiger partial charge in [0.05, 0.1) is 0 Å². The first-order valence-electron chi connectivity index (χ1n) is 2.90. The van der Waals surface area contributed by atoms with Gasteiger partial charge in [0, 0.05) is 24.4 Å². The molecule has 0 aliphatic carbocycles. The Bertz CT molecular complexity index is 217. The van der Waals surface area contributed by atoms with Gasteiger partial charge in [-0.25, -0.2) is 4.99 Å². The van der Waals surface area contributed by atoms with Crippen molar-refractivity contribution < 1.29 is 0 Å². The maximum atomic E-state index is 4.09.